The molecule has 202 valence electrons. The van der Waals surface area contributed by atoms with E-state index < -0.39 is 21.2 Å². The normalized spacial score (nSPS) is 17.7. The number of hydrogen-bond acceptors (Lipinski definition) is 7. The van der Waals surface area contributed by atoms with Crippen molar-refractivity contribution < 1.29 is 27.5 Å². The largest absolute Gasteiger partial charge is 0.461 e. The SMILES string of the molecule is CCc1nn(CC(C)(C)COC(=O)c2cccc(S(=O)(=O)CC)c2)c2c1C(=O)NCC1(CCOCC1)C2. The van der Waals surface area contributed by atoms with Gasteiger partial charge in [0.05, 0.1) is 39.8 Å². The molecular weight excluding hydrogens is 494 g/mol. The summed E-state index contributed by atoms with van der Waals surface area (Å²) in [4.78, 5) is 26.0. The summed E-state index contributed by atoms with van der Waals surface area (Å²) in [5.41, 5.74) is 2.04. The number of rotatable bonds is 8. The van der Waals surface area contributed by atoms with Crippen LogP contribution >= 0.6 is 0 Å². The number of fused-ring (bicyclic) bond motifs is 1. The average Bonchev–Trinajstić information content (AvgIpc) is 3.15. The number of nitrogens with zero attached hydrogens (tertiary/aromatic N) is 2. The number of carbonyl (C=O) groups excluding carboxylic acids is 2. The third kappa shape index (κ3) is 5.90. The molecule has 0 bridgehead atoms. The Morgan fingerprint density at radius 3 is 2.65 bits per heavy atom. The fourth-order valence-corrected chi connectivity index (χ4v) is 6.01. The van der Waals surface area contributed by atoms with Crippen LogP contribution in [-0.4, -0.2) is 62.2 Å². The third-order valence-corrected chi connectivity index (χ3v) is 9.12. The van der Waals surface area contributed by atoms with Crippen LogP contribution in [0.25, 0.3) is 0 Å². The van der Waals surface area contributed by atoms with Crippen molar-refractivity contribution in [3.63, 3.8) is 0 Å². The number of esters is 1. The van der Waals surface area contributed by atoms with Crippen molar-refractivity contribution in [2.24, 2.45) is 10.8 Å². The van der Waals surface area contributed by atoms with Crippen LogP contribution < -0.4 is 5.32 Å². The van der Waals surface area contributed by atoms with Crippen LogP contribution in [-0.2, 0) is 38.7 Å². The molecule has 1 saturated heterocycles. The highest BCUT2D eigenvalue weighted by molar-refractivity contribution is 7.91. The van der Waals surface area contributed by atoms with E-state index in [0.717, 1.165) is 30.7 Å². The van der Waals surface area contributed by atoms with Crippen molar-refractivity contribution in [2.75, 3.05) is 32.1 Å². The molecule has 2 aliphatic rings. The number of amides is 1. The molecule has 1 N–H and O–H groups in total. The molecule has 3 heterocycles. The van der Waals surface area contributed by atoms with Crippen molar-refractivity contribution in [1.82, 2.24) is 15.1 Å². The van der Waals surface area contributed by atoms with Gasteiger partial charge in [0.25, 0.3) is 5.91 Å². The van der Waals surface area contributed by atoms with E-state index in [1.165, 1.54) is 12.1 Å². The maximum atomic E-state index is 13.1. The van der Waals surface area contributed by atoms with Crippen LogP contribution in [0.5, 0.6) is 0 Å². The highest BCUT2D eigenvalue weighted by Gasteiger charge is 2.40. The minimum Gasteiger partial charge on any atom is -0.461 e. The van der Waals surface area contributed by atoms with E-state index in [1.807, 2.05) is 25.5 Å². The quantitative estimate of drug-likeness (QED) is 0.520. The first kappa shape index (κ1) is 27.3. The first-order chi connectivity index (χ1) is 17.5. The predicted molar refractivity (Wildman–Crippen MR) is 138 cm³/mol. The molecule has 0 unspecified atom stereocenters. The van der Waals surface area contributed by atoms with Gasteiger partial charge in [0.15, 0.2) is 9.84 Å². The lowest BCUT2D eigenvalue weighted by Crippen LogP contribution is -2.41. The van der Waals surface area contributed by atoms with E-state index in [2.05, 4.69) is 5.32 Å². The monoisotopic (exact) mass is 531 g/mol. The Balaban J connectivity index is 1.53. The molecular formula is C27H37N3O6S. The van der Waals surface area contributed by atoms with Gasteiger partial charge in [-0.15, -0.1) is 0 Å². The van der Waals surface area contributed by atoms with E-state index in [1.54, 1.807) is 19.1 Å². The molecule has 1 fully saturated rings. The Bertz CT molecular complexity index is 1280. The molecule has 0 radical (unpaired) electrons. The van der Waals surface area contributed by atoms with Gasteiger partial charge in [-0.2, -0.15) is 5.10 Å². The van der Waals surface area contributed by atoms with E-state index in [0.29, 0.717) is 38.3 Å². The van der Waals surface area contributed by atoms with Gasteiger partial charge in [0, 0.05) is 31.7 Å². The Hall–Kier alpha value is -2.72. The number of benzene rings is 1. The number of hydrogen-bond donors (Lipinski definition) is 1. The second kappa shape index (κ2) is 10.6. The fraction of sp³-hybridized carbons (Fsp3) is 0.593. The molecule has 2 aromatic rings. The predicted octanol–water partition coefficient (Wildman–Crippen LogP) is 3.21. The summed E-state index contributed by atoms with van der Waals surface area (Å²) in [6, 6.07) is 5.94. The van der Waals surface area contributed by atoms with Gasteiger partial charge < -0.3 is 14.8 Å². The zero-order valence-corrected chi connectivity index (χ0v) is 22.9. The van der Waals surface area contributed by atoms with Crippen molar-refractivity contribution in [3.8, 4) is 0 Å². The molecule has 1 aromatic carbocycles. The smallest absolute Gasteiger partial charge is 0.338 e. The van der Waals surface area contributed by atoms with Crippen LogP contribution in [0.2, 0.25) is 0 Å². The van der Waals surface area contributed by atoms with Gasteiger partial charge in [0.2, 0.25) is 0 Å². The van der Waals surface area contributed by atoms with Crippen molar-refractivity contribution in [2.45, 2.75) is 64.8 Å². The van der Waals surface area contributed by atoms with Crippen LogP contribution in [0, 0.1) is 10.8 Å². The summed E-state index contributed by atoms with van der Waals surface area (Å²) in [5.74, 6) is -0.693. The van der Waals surface area contributed by atoms with E-state index in [4.69, 9.17) is 14.6 Å². The number of nitrogens with one attached hydrogen (secondary N) is 1. The lowest BCUT2D eigenvalue weighted by atomic mass is 9.76. The maximum Gasteiger partial charge on any atom is 0.338 e. The summed E-state index contributed by atoms with van der Waals surface area (Å²) >= 11 is 0. The molecule has 1 spiro atoms. The highest BCUT2D eigenvalue weighted by Crippen LogP contribution is 2.38. The van der Waals surface area contributed by atoms with E-state index in [-0.39, 0.29) is 34.1 Å². The Morgan fingerprint density at radius 1 is 1.24 bits per heavy atom. The lowest BCUT2D eigenvalue weighted by molar-refractivity contribution is 0.0145. The van der Waals surface area contributed by atoms with Crippen molar-refractivity contribution in [1.29, 1.82) is 0 Å². The number of ether oxygens (including phenoxy) is 2. The van der Waals surface area contributed by atoms with Crippen LogP contribution in [0.15, 0.2) is 29.2 Å². The minimum atomic E-state index is -3.43. The molecule has 0 saturated carbocycles. The molecule has 37 heavy (non-hydrogen) atoms. The first-order valence-corrected chi connectivity index (χ1v) is 14.6. The molecule has 0 atom stereocenters. The van der Waals surface area contributed by atoms with Crippen LogP contribution in [0.4, 0.5) is 0 Å². The standard InChI is InChI=1S/C27H37N3O6S/c1-5-21-23-22(15-27(16-28-24(23)31)10-12-35-13-11-27)30(29-21)17-26(3,4)18-36-25(32)19-8-7-9-20(14-19)37(33,34)6-2/h7-9,14H,5-6,10-13,15-18H2,1-4H3,(H,28,31). The van der Waals surface area contributed by atoms with Gasteiger partial charge in [-0.3, -0.25) is 9.48 Å². The summed E-state index contributed by atoms with van der Waals surface area (Å²) in [6.45, 7) is 10.1. The fourth-order valence-electron chi connectivity index (χ4n) is 5.08. The summed E-state index contributed by atoms with van der Waals surface area (Å²) in [6.07, 6.45) is 3.15. The molecule has 4 rings (SSSR count). The summed E-state index contributed by atoms with van der Waals surface area (Å²) < 4.78 is 37.6. The Morgan fingerprint density at radius 2 is 1.97 bits per heavy atom. The van der Waals surface area contributed by atoms with Gasteiger partial charge >= 0.3 is 5.97 Å². The van der Waals surface area contributed by atoms with Crippen molar-refractivity contribution in [3.05, 3.63) is 46.8 Å². The number of aromatic nitrogens is 2. The lowest BCUT2D eigenvalue weighted by Gasteiger charge is -2.36. The summed E-state index contributed by atoms with van der Waals surface area (Å²) in [7, 11) is -3.43. The minimum absolute atomic E-state index is 0.0429. The number of carbonyl (C=O) groups is 2. The first-order valence-electron chi connectivity index (χ1n) is 12.9. The Kier molecular flexibility index (Phi) is 7.80. The highest BCUT2D eigenvalue weighted by atomic mass is 32.2. The van der Waals surface area contributed by atoms with Crippen molar-refractivity contribution >= 4 is 21.7 Å². The average molecular weight is 532 g/mol. The topological polar surface area (TPSA) is 117 Å². The number of sulfone groups is 1. The van der Waals surface area contributed by atoms with E-state index >= 15 is 0 Å². The van der Waals surface area contributed by atoms with Gasteiger partial charge in [-0.25, -0.2) is 13.2 Å². The molecule has 0 aliphatic carbocycles. The van der Waals surface area contributed by atoms with Crippen LogP contribution in [0.3, 0.4) is 0 Å². The van der Waals surface area contributed by atoms with Gasteiger partial charge in [-0.1, -0.05) is 33.8 Å². The van der Waals surface area contributed by atoms with Crippen LogP contribution in [0.1, 0.15) is 72.6 Å². The molecule has 9 nitrogen and oxygen atoms in total. The molecule has 2 aliphatic heterocycles. The zero-order chi connectivity index (χ0) is 26.8. The maximum absolute atomic E-state index is 13.1. The van der Waals surface area contributed by atoms with E-state index in [9.17, 15) is 18.0 Å². The second-order valence-electron chi connectivity index (χ2n) is 10.9. The van der Waals surface area contributed by atoms with Gasteiger partial charge in [0.1, 0.15) is 0 Å². The number of aryl methyl sites for hydroxylation is 1. The summed E-state index contributed by atoms with van der Waals surface area (Å²) in [5, 5.41) is 7.95. The Labute approximate surface area is 218 Å². The van der Waals surface area contributed by atoms with Gasteiger partial charge in [-0.05, 0) is 49.3 Å². The molecule has 1 aromatic heterocycles. The molecule has 1 amide bonds. The molecule has 10 heteroatoms. The second-order valence-corrected chi connectivity index (χ2v) is 13.2. The zero-order valence-electron chi connectivity index (χ0n) is 22.1. The third-order valence-electron chi connectivity index (χ3n) is 7.39.